The summed E-state index contributed by atoms with van der Waals surface area (Å²) in [5.41, 5.74) is 0.923. The average Bonchev–Trinajstić information content (AvgIpc) is 2.75. The van der Waals surface area contributed by atoms with Crippen LogP contribution in [0.15, 0.2) is 12.4 Å². The molecule has 13 heavy (non-hydrogen) atoms. The Kier molecular flexibility index (Phi) is 2.36. The van der Waals surface area contributed by atoms with Crippen molar-refractivity contribution in [2.45, 2.75) is 44.8 Å². The van der Waals surface area contributed by atoms with Gasteiger partial charge < -0.3 is 5.11 Å². The van der Waals surface area contributed by atoms with Crippen LogP contribution in [0.4, 0.5) is 0 Å². The Bertz CT molecular complexity index is 274. The number of aliphatic hydroxyl groups is 1. The van der Waals surface area contributed by atoms with E-state index in [1.807, 2.05) is 10.9 Å². The van der Waals surface area contributed by atoms with E-state index in [0.717, 1.165) is 5.56 Å². The van der Waals surface area contributed by atoms with E-state index in [1.54, 1.807) is 13.1 Å². The zero-order valence-corrected chi connectivity index (χ0v) is 7.98. The van der Waals surface area contributed by atoms with Gasteiger partial charge in [0.05, 0.1) is 18.3 Å². The second-order valence-electron chi connectivity index (χ2n) is 3.87. The Morgan fingerprint density at radius 3 is 2.77 bits per heavy atom. The molecule has 0 aliphatic heterocycles. The third-order valence-corrected chi connectivity index (χ3v) is 2.80. The summed E-state index contributed by atoms with van der Waals surface area (Å²) in [5.74, 6) is 0. The summed E-state index contributed by atoms with van der Waals surface area (Å²) in [6.07, 6.45) is 8.45. The first-order valence-corrected chi connectivity index (χ1v) is 4.99. The lowest BCUT2D eigenvalue weighted by Crippen LogP contribution is -2.04. The fourth-order valence-corrected chi connectivity index (χ4v) is 1.94. The summed E-state index contributed by atoms with van der Waals surface area (Å²) < 4.78 is 2.01. The Morgan fingerprint density at radius 2 is 2.23 bits per heavy atom. The van der Waals surface area contributed by atoms with E-state index in [1.165, 1.54) is 25.7 Å². The van der Waals surface area contributed by atoms with Crippen LogP contribution >= 0.6 is 0 Å². The highest BCUT2D eigenvalue weighted by molar-refractivity contribution is 5.07. The van der Waals surface area contributed by atoms with Crippen molar-refractivity contribution in [1.82, 2.24) is 9.78 Å². The predicted molar refractivity (Wildman–Crippen MR) is 50.4 cm³/mol. The number of rotatable bonds is 2. The minimum Gasteiger partial charge on any atom is -0.389 e. The molecule has 0 spiro atoms. The van der Waals surface area contributed by atoms with Crippen LogP contribution in [-0.2, 0) is 0 Å². The van der Waals surface area contributed by atoms with Crippen molar-refractivity contribution in [3.05, 3.63) is 18.0 Å². The molecule has 2 rings (SSSR count). The molecule has 1 aliphatic carbocycles. The minimum atomic E-state index is -0.393. The minimum absolute atomic E-state index is 0.393. The van der Waals surface area contributed by atoms with Crippen molar-refractivity contribution >= 4 is 0 Å². The summed E-state index contributed by atoms with van der Waals surface area (Å²) in [7, 11) is 0. The Morgan fingerprint density at radius 1 is 1.54 bits per heavy atom. The molecule has 72 valence electrons. The molecular formula is C10H16N2O. The fourth-order valence-electron chi connectivity index (χ4n) is 1.94. The number of nitrogens with zero attached hydrogens (tertiary/aromatic N) is 2. The molecule has 0 unspecified atom stereocenters. The first-order valence-electron chi connectivity index (χ1n) is 4.99. The van der Waals surface area contributed by atoms with Gasteiger partial charge in [-0.1, -0.05) is 12.8 Å². The van der Waals surface area contributed by atoms with Gasteiger partial charge in [0.25, 0.3) is 0 Å². The zero-order valence-electron chi connectivity index (χ0n) is 7.98. The van der Waals surface area contributed by atoms with Gasteiger partial charge in [-0.2, -0.15) is 5.10 Å². The first kappa shape index (κ1) is 8.75. The molecule has 3 heteroatoms. The van der Waals surface area contributed by atoms with Gasteiger partial charge in [0.15, 0.2) is 0 Å². The quantitative estimate of drug-likeness (QED) is 0.756. The van der Waals surface area contributed by atoms with Gasteiger partial charge in [0.1, 0.15) is 0 Å². The molecule has 0 saturated heterocycles. The maximum Gasteiger partial charge on any atom is 0.0792 e. The van der Waals surface area contributed by atoms with Crippen LogP contribution < -0.4 is 0 Å². The summed E-state index contributed by atoms with van der Waals surface area (Å²) in [5, 5.41) is 13.6. The van der Waals surface area contributed by atoms with Crippen LogP contribution in [-0.4, -0.2) is 14.9 Å². The highest BCUT2D eigenvalue weighted by atomic mass is 16.3. The van der Waals surface area contributed by atoms with Crippen molar-refractivity contribution in [3.8, 4) is 0 Å². The normalized spacial score (nSPS) is 20.8. The van der Waals surface area contributed by atoms with Gasteiger partial charge in [-0.25, -0.2) is 0 Å². The standard InChI is InChI=1S/C10H16N2O/c1-8(13)9-6-11-12(7-9)10-4-2-3-5-10/h6-8,10,13H,2-5H2,1H3/t8-/m0/s1. The summed E-state index contributed by atoms with van der Waals surface area (Å²) in [6.45, 7) is 1.77. The van der Waals surface area contributed by atoms with E-state index in [4.69, 9.17) is 0 Å². The lowest BCUT2D eigenvalue weighted by molar-refractivity contribution is 0.199. The smallest absolute Gasteiger partial charge is 0.0792 e. The Labute approximate surface area is 78.4 Å². The van der Waals surface area contributed by atoms with Gasteiger partial charge in [-0.3, -0.25) is 4.68 Å². The number of aliphatic hydroxyl groups excluding tert-OH is 1. The summed E-state index contributed by atoms with van der Waals surface area (Å²) >= 11 is 0. The van der Waals surface area contributed by atoms with E-state index in [0.29, 0.717) is 6.04 Å². The molecule has 1 aliphatic rings. The number of hydrogen-bond acceptors (Lipinski definition) is 2. The highest BCUT2D eigenvalue weighted by Gasteiger charge is 2.17. The van der Waals surface area contributed by atoms with Gasteiger partial charge >= 0.3 is 0 Å². The van der Waals surface area contributed by atoms with Gasteiger partial charge in [-0.15, -0.1) is 0 Å². The molecule has 1 N–H and O–H groups in total. The zero-order chi connectivity index (χ0) is 9.26. The fraction of sp³-hybridized carbons (Fsp3) is 0.700. The topological polar surface area (TPSA) is 38.1 Å². The van der Waals surface area contributed by atoms with E-state index in [-0.39, 0.29) is 0 Å². The first-order chi connectivity index (χ1) is 6.27. The third-order valence-electron chi connectivity index (χ3n) is 2.80. The van der Waals surface area contributed by atoms with Crippen LogP contribution in [0, 0.1) is 0 Å². The van der Waals surface area contributed by atoms with E-state index in [2.05, 4.69) is 5.10 Å². The molecule has 1 atom stereocenters. The van der Waals surface area contributed by atoms with Crippen molar-refractivity contribution in [1.29, 1.82) is 0 Å². The number of hydrogen-bond donors (Lipinski definition) is 1. The monoisotopic (exact) mass is 180 g/mol. The second kappa shape index (κ2) is 3.50. The Balaban J connectivity index is 2.12. The molecule has 0 aromatic carbocycles. The third kappa shape index (κ3) is 1.75. The molecule has 1 aromatic rings. The predicted octanol–water partition coefficient (Wildman–Crippen LogP) is 2.05. The van der Waals surface area contributed by atoms with Crippen LogP contribution in [0.25, 0.3) is 0 Å². The SMILES string of the molecule is C[C@H](O)c1cnn(C2CCCC2)c1. The largest absolute Gasteiger partial charge is 0.389 e. The molecule has 1 heterocycles. The average molecular weight is 180 g/mol. The van der Waals surface area contributed by atoms with E-state index < -0.39 is 6.10 Å². The highest BCUT2D eigenvalue weighted by Crippen LogP contribution is 2.29. The van der Waals surface area contributed by atoms with Crippen molar-refractivity contribution < 1.29 is 5.11 Å². The van der Waals surface area contributed by atoms with E-state index >= 15 is 0 Å². The van der Waals surface area contributed by atoms with Crippen molar-refractivity contribution in [2.24, 2.45) is 0 Å². The van der Waals surface area contributed by atoms with Gasteiger partial charge in [0, 0.05) is 11.8 Å². The number of aromatic nitrogens is 2. The molecule has 1 fully saturated rings. The molecule has 0 bridgehead atoms. The van der Waals surface area contributed by atoms with E-state index in [9.17, 15) is 5.11 Å². The molecule has 0 radical (unpaired) electrons. The Hall–Kier alpha value is -0.830. The molecular weight excluding hydrogens is 164 g/mol. The second-order valence-corrected chi connectivity index (χ2v) is 3.87. The van der Waals surface area contributed by atoms with Crippen LogP contribution in [0.2, 0.25) is 0 Å². The van der Waals surface area contributed by atoms with Crippen LogP contribution in [0.1, 0.15) is 50.3 Å². The summed E-state index contributed by atoms with van der Waals surface area (Å²) in [4.78, 5) is 0. The van der Waals surface area contributed by atoms with Crippen molar-refractivity contribution in [3.63, 3.8) is 0 Å². The van der Waals surface area contributed by atoms with Crippen LogP contribution in [0.5, 0.6) is 0 Å². The van der Waals surface area contributed by atoms with Gasteiger partial charge in [0.2, 0.25) is 0 Å². The maximum absolute atomic E-state index is 9.33. The van der Waals surface area contributed by atoms with Crippen LogP contribution in [0.3, 0.4) is 0 Å². The lowest BCUT2D eigenvalue weighted by atomic mass is 10.2. The molecule has 0 amide bonds. The molecule has 1 aromatic heterocycles. The maximum atomic E-state index is 9.33. The van der Waals surface area contributed by atoms with Crippen molar-refractivity contribution in [2.75, 3.05) is 0 Å². The lowest BCUT2D eigenvalue weighted by Gasteiger charge is -2.08. The molecule has 3 nitrogen and oxygen atoms in total. The summed E-state index contributed by atoms with van der Waals surface area (Å²) in [6, 6.07) is 0.576. The molecule has 1 saturated carbocycles. The van der Waals surface area contributed by atoms with Gasteiger partial charge in [-0.05, 0) is 19.8 Å².